The highest BCUT2D eigenvalue weighted by atomic mass is 32.2. The van der Waals surface area contributed by atoms with Crippen molar-refractivity contribution in [3.05, 3.63) is 59.2 Å². The van der Waals surface area contributed by atoms with E-state index in [0.29, 0.717) is 19.3 Å². The van der Waals surface area contributed by atoms with Crippen LogP contribution in [0, 0.1) is 0 Å². The van der Waals surface area contributed by atoms with Gasteiger partial charge in [0.25, 0.3) is 5.91 Å². The fraction of sp³-hybridized carbons (Fsp3) is 0.312. The molecular weight excluding hydrogens is 328 g/mol. The molecule has 1 atom stereocenters. The molecule has 0 radical (unpaired) electrons. The molecular formula is C16H18N4O3S. The third-order valence-corrected chi connectivity index (χ3v) is 5.32. The highest BCUT2D eigenvalue weighted by Gasteiger charge is 2.25. The first kappa shape index (κ1) is 16.5. The Kier molecular flexibility index (Phi) is 4.59. The van der Waals surface area contributed by atoms with E-state index >= 15 is 0 Å². The minimum atomic E-state index is -3.42. The van der Waals surface area contributed by atoms with Crippen molar-refractivity contribution in [1.82, 2.24) is 14.7 Å². The maximum Gasteiger partial charge on any atom is 0.286 e. The maximum absolute atomic E-state index is 12.3. The van der Waals surface area contributed by atoms with Gasteiger partial charge in [-0.05, 0) is 30.4 Å². The molecule has 0 fully saturated rings. The third kappa shape index (κ3) is 3.95. The number of fused-ring (bicyclic) bond motifs is 1. The zero-order valence-electron chi connectivity index (χ0n) is 13.0. The van der Waals surface area contributed by atoms with E-state index in [9.17, 15) is 13.2 Å². The molecule has 7 nitrogen and oxygen atoms in total. The highest BCUT2D eigenvalue weighted by Crippen LogP contribution is 2.20. The van der Waals surface area contributed by atoms with E-state index in [1.165, 1.54) is 0 Å². The Balaban J connectivity index is 1.68. The average Bonchev–Trinajstić information content (AvgIpc) is 2.54. The van der Waals surface area contributed by atoms with Gasteiger partial charge in [0.2, 0.25) is 15.8 Å². The molecule has 2 aromatic rings. The summed E-state index contributed by atoms with van der Waals surface area (Å²) >= 11 is 0. The minimum Gasteiger partial charge on any atom is -0.363 e. The number of nitrogens with two attached hydrogens (primary N) is 1. The second kappa shape index (κ2) is 6.66. The summed E-state index contributed by atoms with van der Waals surface area (Å²) in [6, 6.07) is 8.85. The minimum absolute atomic E-state index is 0.00291. The Morgan fingerprint density at radius 1 is 1.29 bits per heavy atom. The van der Waals surface area contributed by atoms with Crippen molar-refractivity contribution in [1.29, 1.82) is 0 Å². The summed E-state index contributed by atoms with van der Waals surface area (Å²) < 4.78 is 27.4. The number of aryl methyl sites for hydroxylation is 1. The molecule has 1 aliphatic carbocycles. The molecule has 0 bridgehead atoms. The van der Waals surface area contributed by atoms with Crippen molar-refractivity contribution in [3.63, 3.8) is 0 Å². The molecule has 24 heavy (non-hydrogen) atoms. The summed E-state index contributed by atoms with van der Waals surface area (Å²) in [7, 11) is -3.42. The summed E-state index contributed by atoms with van der Waals surface area (Å²) in [6.45, 7) is 0. The summed E-state index contributed by atoms with van der Waals surface area (Å²) in [5.74, 6) is -0.714. The molecule has 1 aromatic heterocycles. The van der Waals surface area contributed by atoms with Gasteiger partial charge in [-0.1, -0.05) is 30.3 Å². The summed E-state index contributed by atoms with van der Waals surface area (Å²) in [5, 5.41) is 0. The van der Waals surface area contributed by atoms with Crippen LogP contribution in [0.3, 0.4) is 0 Å². The number of rotatable bonds is 5. The number of carbonyl (C=O) groups excluding carboxylic acids is 1. The molecule has 3 N–H and O–H groups in total. The number of sulfonamides is 1. The molecule has 126 valence electrons. The number of benzene rings is 1. The lowest BCUT2D eigenvalue weighted by Gasteiger charge is -2.24. The third-order valence-electron chi connectivity index (χ3n) is 3.92. The maximum atomic E-state index is 12.3. The van der Waals surface area contributed by atoms with Crippen LogP contribution in [0.25, 0.3) is 0 Å². The van der Waals surface area contributed by atoms with Crippen molar-refractivity contribution in [2.75, 3.05) is 0 Å². The Bertz CT molecular complexity index is 853. The number of nitrogens with zero attached hydrogens (tertiary/aromatic N) is 2. The molecule has 8 heteroatoms. The molecule has 1 amide bonds. The van der Waals surface area contributed by atoms with Crippen molar-refractivity contribution in [3.8, 4) is 0 Å². The van der Waals surface area contributed by atoms with Gasteiger partial charge in [-0.25, -0.2) is 23.1 Å². The molecule has 1 heterocycles. The highest BCUT2D eigenvalue weighted by molar-refractivity contribution is 7.88. The molecule has 3 rings (SSSR count). The topological polar surface area (TPSA) is 115 Å². The predicted octanol–water partition coefficient (Wildman–Crippen LogP) is 0.552. The van der Waals surface area contributed by atoms with Gasteiger partial charge in [0, 0.05) is 17.9 Å². The second-order valence-corrected chi connectivity index (χ2v) is 7.59. The first-order chi connectivity index (χ1) is 11.4. The molecule has 1 aromatic carbocycles. The number of amides is 1. The van der Waals surface area contributed by atoms with Crippen molar-refractivity contribution >= 4 is 15.9 Å². The second-order valence-electron chi connectivity index (χ2n) is 5.83. The SMILES string of the molecule is NC(=O)c1ncc2c(n1)CCC(NS(=O)(=O)Cc1ccccc1)C2. The Labute approximate surface area is 140 Å². The van der Waals surface area contributed by atoms with Crippen molar-refractivity contribution in [2.45, 2.75) is 31.1 Å². The summed E-state index contributed by atoms with van der Waals surface area (Å²) in [6.07, 6.45) is 3.26. The number of carbonyl (C=O) groups is 1. The van der Waals surface area contributed by atoms with Crippen molar-refractivity contribution < 1.29 is 13.2 Å². The van der Waals surface area contributed by atoms with Gasteiger partial charge < -0.3 is 5.73 Å². The normalized spacial score (nSPS) is 17.2. The first-order valence-electron chi connectivity index (χ1n) is 7.61. The van der Waals surface area contributed by atoms with Gasteiger partial charge in [0.1, 0.15) is 0 Å². The van der Waals surface area contributed by atoms with Crippen LogP contribution in [0.4, 0.5) is 0 Å². The monoisotopic (exact) mass is 346 g/mol. The molecule has 0 spiro atoms. The van der Waals surface area contributed by atoms with Crippen LogP contribution in [0.1, 0.15) is 33.9 Å². The Morgan fingerprint density at radius 2 is 2.04 bits per heavy atom. The number of hydrogen-bond acceptors (Lipinski definition) is 5. The van der Waals surface area contributed by atoms with Gasteiger partial charge in [-0.3, -0.25) is 4.79 Å². The van der Waals surface area contributed by atoms with Crippen LogP contribution >= 0.6 is 0 Å². The molecule has 1 aliphatic rings. The average molecular weight is 346 g/mol. The lowest BCUT2D eigenvalue weighted by atomic mass is 9.93. The quantitative estimate of drug-likeness (QED) is 0.820. The van der Waals surface area contributed by atoms with E-state index < -0.39 is 15.9 Å². The number of aromatic nitrogens is 2. The molecule has 0 saturated carbocycles. The van der Waals surface area contributed by atoms with E-state index in [0.717, 1.165) is 16.8 Å². The first-order valence-corrected chi connectivity index (χ1v) is 9.27. The number of hydrogen-bond donors (Lipinski definition) is 2. The number of nitrogens with one attached hydrogen (secondary N) is 1. The number of primary amides is 1. The van der Waals surface area contributed by atoms with Crippen LogP contribution in [-0.4, -0.2) is 30.3 Å². The lowest BCUT2D eigenvalue weighted by Crippen LogP contribution is -2.39. The molecule has 0 aliphatic heterocycles. The van der Waals surface area contributed by atoms with Crippen LogP contribution in [-0.2, 0) is 28.6 Å². The van der Waals surface area contributed by atoms with Crippen LogP contribution < -0.4 is 10.5 Å². The van der Waals surface area contributed by atoms with E-state index in [2.05, 4.69) is 14.7 Å². The van der Waals surface area contributed by atoms with Gasteiger partial charge in [0.05, 0.1) is 5.75 Å². The van der Waals surface area contributed by atoms with Crippen LogP contribution in [0.15, 0.2) is 36.5 Å². The van der Waals surface area contributed by atoms with E-state index in [4.69, 9.17) is 5.73 Å². The van der Waals surface area contributed by atoms with Gasteiger partial charge in [-0.2, -0.15) is 0 Å². The Hall–Kier alpha value is -2.32. The zero-order valence-corrected chi connectivity index (χ0v) is 13.8. The fourth-order valence-electron chi connectivity index (χ4n) is 2.82. The lowest BCUT2D eigenvalue weighted by molar-refractivity contribution is 0.0990. The van der Waals surface area contributed by atoms with Gasteiger partial charge in [0.15, 0.2) is 0 Å². The van der Waals surface area contributed by atoms with Gasteiger partial charge in [-0.15, -0.1) is 0 Å². The Morgan fingerprint density at radius 3 is 2.75 bits per heavy atom. The summed E-state index contributed by atoms with van der Waals surface area (Å²) in [4.78, 5) is 19.2. The van der Waals surface area contributed by atoms with E-state index in [-0.39, 0.29) is 17.6 Å². The molecule has 1 unspecified atom stereocenters. The largest absolute Gasteiger partial charge is 0.363 e. The van der Waals surface area contributed by atoms with Crippen LogP contribution in [0.5, 0.6) is 0 Å². The summed E-state index contributed by atoms with van der Waals surface area (Å²) in [5.41, 5.74) is 7.53. The standard InChI is InChI=1S/C16H18N4O3S/c17-15(21)16-18-9-12-8-13(6-7-14(12)19-16)20-24(22,23)10-11-4-2-1-3-5-11/h1-5,9,13,20H,6-8,10H2,(H2,17,21). The van der Waals surface area contributed by atoms with Crippen molar-refractivity contribution in [2.24, 2.45) is 5.73 Å². The van der Waals surface area contributed by atoms with Crippen LogP contribution in [0.2, 0.25) is 0 Å². The predicted molar refractivity (Wildman–Crippen MR) is 88.6 cm³/mol. The smallest absolute Gasteiger partial charge is 0.286 e. The molecule has 0 saturated heterocycles. The fourth-order valence-corrected chi connectivity index (χ4v) is 4.24. The van der Waals surface area contributed by atoms with E-state index in [1.54, 1.807) is 18.3 Å². The van der Waals surface area contributed by atoms with E-state index in [1.807, 2.05) is 18.2 Å². The van der Waals surface area contributed by atoms with Gasteiger partial charge >= 0.3 is 0 Å². The zero-order chi connectivity index (χ0) is 17.2.